The third kappa shape index (κ3) is 28.8. The van der Waals surface area contributed by atoms with E-state index in [1.54, 1.807) is 0 Å². The molecule has 1 aliphatic carbocycles. The summed E-state index contributed by atoms with van der Waals surface area (Å²) in [7, 11) is 1.00. The number of piperidine rings is 1. The molecule has 0 unspecified atom stereocenters. The Bertz CT molecular complexity index is 449. The quantitative estimate of drug-likeness (QED) is 0.267. The number of hydrogen-bond acceptors (Lipinski definition) is 6. The van der Waals surface area contributed by atoms with Gasteiger partial charge in [-0.3, -0.25) is 4.84 Å². The molecule has 35 heavy (non-hydrogen) atoms. The molecule has 0 spiro atoms. The number of carbonyl (C=O) groups is 1. The van der Waals surface area contributed by atoms with Gasteiger partial charge in [-0.05, 0) is 37.1 Å². The SMILES string of the molecule is C.C.C1CCCCC1.C=O.CC.CC.CO.NCc1ccc(CONCCN2CCCCC2)cc1.[HH].[HH]. The van der Waals surface area contributed by atoms with Gasteiger partial charge in [0.05, 0.1) is 6.61 Å². The van der Waals surface area contributed by atoms with Gasteiger partial charge in [-0.1, -0.05) is 112 Å². The summed E-state index contributed by atoms with van der Waals surface area (Å²) >= 11 is 0. The van der Waals surface area contributed by atoms with E-state index >= 15 is 0 Å². The Kier molecular flexibility index (Phi) is 49.8. The van der Waals surface area contributed by atoms with E-state index in [4.69, 9.17) is 20.5 Å². The number of likely N-dealkylation sites (tertiary alicyclic amines) is 1. The summed E-state index contributed by atoms with van der Waals surface area (Å²) < 4.78 is 0. The number of benzene rings is 1. The largest absolute Gasteiger partial charge is 0.400 e. The Morgan fingerprint density at radius 1 is 0.829 bits per heavy atom. The molecule has 4 N–H and O–H groups in total. The second-order valence-electron chi connectivity index (χ2n) is 7.23. The molecule has 1 aromatic rings. The van der Waals surface area contributed by atoms with Crippen LogP contribution in [0.1, 0.15) is 114 Å². The Hall–Kier alpha value is -1.31. The van der Waals surface area contributed by atoms with Crippen molar-refractivity contribution in [1.82, 2.24) is 10.4 Å². The minimum atomic E-state index is 0. The van der Waals surface area contributed by atoms with Crippen LogP contribution in [0.25, 0.3) is 0 Å². The van der Waals surface area contributed by atoms with E-state index in [9.17, 15) is 0 Å². The van der Waals surface area contributed by atoms with Gasteiger partial charge in [-0.15, -0.1) is 0 Å². The standard InChI is InChI=1S/C15H25N3O.C6H12.2C2H6.CH4O.CH2O.2CH4.2H2/c16-12-14-4-6-15(7-5-14)13-19-17-8-11-18-9-2-1-3-10-18;1-2-4-6-5-3-1;4*1-2;;;;/h4-7,17H,1-3,8-13,16H2;1-6H2;2*1-2H3;2H,1H3;1H2;2*1H4;2*1H. The fourth-order valence-electron chi connectivity index (χ4n) is 3.43. The summed E-state index contributed by atoms with van der Waals surface area (Å²) in [6.45, 7) is 15.6. The molecule has 6 heteroatoms. The van der Waals surface area contributed by atoms with Gasteiger partial charge in [0.1, 0.15) is 6.79 Å². The predicted molar refractivity (Wildman–Crippen MR) is 161 cm³/mol. The number of aliphatic hydroxyl groups excluding tert-OH is 1. The van der Waals surface area contributed by atoms with Crippen LogP contribution in [0.3, 0.4) is 0 Å². The van der Waals surface area contributed by atoms with Crippen molar-refractivity contribution in [3.05, 3.63) is 35.4 Å². The third-order valence-corrected chi connectivity index (χ3v) is 5.08. The minimum Gasteiger partial charge on any atom is -0.400 e. The van der Waals surface area contributed by atoms with Crippen molar-refractivity contribution in [2.45, 2.75) is 113 Å². The summed E-state index contributed by atoms with van der Waals surface area (Å²) in [6, 6.07) is 8.22. The van der Waals surface area contributed by atoms with Crippen LogP contribution in [-0.4, -0.2) is 50.1 Å². The molecule has 0 bridgehead atoms. The zero-order chi connectivity index (χ0) is 25.6. The number of rotatable bonds is 7. The van der Waals surface area contributed by atoms with E-state index in [1.165, 1.54) is 76.4 Å². The first kappa shape index (κ1) is 43.7. The maximum Gasteiger partial charge on any atom is 0.106 e. The van der Waals surface area contributed by atoms with Crippen LogP contribution in [0, 0.1) is 0 Å². The molecule has 1 aromatic carbocycles. The average molecular weight is 506 g/mol. The molecule has 0 aromatic heterocycles. The van der Waals surface area contributed by atoms with Crippen molar-refractivity contribution in [2.24, 2.45) is 5.73 Å². The van der Waals surface area contributed by atoms with Crippen molar-refractivity contribution in [2.75, 3.05) is 33.3 Å². The van der Waals surface area contributed by atoms with Crippen LogP contribution >= 0.6 is 0 Å². The van der Waals surface area contributed by atoms with E-state index in [2.05, 4.69) is 22.5 Å². The van der Waals surface area contributed by atoms with Gasteiger partial charge in [-0.25, -0.2) is 5.48 Å². The summed E-state index contributed by atoms with van der Waals surface area (Å²) in [5, 5.41) is 7.00. The number of carbonyl (C=O) groups excluding carboxylic acids is 1. The topological polar surface area (TPSA) is 87.8 Å². The Morgan fingerprint density at radius 2 is 1.20 bits per heavy atom. The normalized spacial score (nSPS) is 13.8. The minimum absolute atomic E-state index is 0. The van der Waals surface area contributed by atoms with Gasteiger partial charge >= 0.3 is 0 Å². The highest BCUT2D eigenvalue weighted by atomic mass is 16.6. The Morgan fingerprint density at radius 3 is 1.60 bits per heavy atom. The van der Waals surface area contributed by atoms with Crippen LogP contribution in [0.5, 0.6) is 0 Å². The highest BCUT2D eigenvalue weighted by molar-refractivity contribution is 5.21. The molecule has 2 aliphatic rings. The molecular formula is C29H67N3O3. The zero-order valence-electron chi connectivity index (χ0n) is 22.4. The van der Waals surface area contributed by atoms with E-state index in [-0.39, 0.29) is 17.7 Å². The molecule has 216 valence electrons. The third-order valence-electron chi connectivity index (χ3n) is 5.08. The summed E-state index contributed by atoms with van der Waals surface area (Å²) in [6.07, 6.45) is 13.1. The summed E-state index contributed by atoms with van der Waals surface area (Å²) in [4.78, 5) is 16.0. The number of nitrogens with one attached hydrogen (secondary N) is 1. The average Bonchev–Trinajstić information content (AvgIpc) is 2.95. The summed E-state index contributed by atoms with van der Waals surface area (Å²) in [5.41, 5.74) is 10.9. The van der Waals surface area contributed by atoms with Crippen LogP contribution in [-0.2, 0) is 22.8 Å². The molecule has 3 rings (SSSR count). The maximum atomic E-state index is 8.00. The smallest absolute Gasteiger partial charge is 0.106 e. The van der Waals surface area contributed by atoms with Gasteiger partial charge in [0.2, 0.25) is 0 Å². The fraction of sp³-hybridized carbons (Fsp3) is 0.759. The molecule has 0 atom stereocenters. The second-order valence-corrected chi connectivity index (χ2v) is 7.23. The molecule has 2 fully saturated rings. The molecule has 1 saturated heterocycles. The molecule has 0 amide bonds. The predicted octanol–water partition coefficient (Wildman–Crippen LogP) is 7.23. The van der Waals surface area contributed by atoms with Crippen molar-refractivity contribution in [1.29, 1.82) is 0 Å². The van der Waals surface area contributed by atoms with Crippen LogP contribution in [0.2, 0.25) is 0 Å². The first-order valence-corrected chi connectivity index (χ1v) is 13.0. The number of hydroxylamine groups is 1. The van der Waals surface area contributed by atoms with Crippen molar-refractivity contribution >= 4 is 6.79 Å². The van der Waals surface area contributed by atoms with Gasteiger partial charge in [0.25, 0.3) is 0 Å². The Balaban J connectivity index is -0.0000000851. The van der Waals surface area contributed by atoms with Gasteiger partial charge in [0.15, 0.2) is 0 Å². The van der Waals surface area contributed by atoms with E-state index in [1.807, 2.05) is 46.6 Å². The molecule has 6 nitrogen and oxygen atoms in total. The molecule has 1 saturated carbocycles. The number of nitrogens with two attached hydrogens (primary N) is 1. The molecule has 0 radical (unpaired) electrons. The van der Waals surface area contributed by atoms with E-state index < -0.39 is 0 Å². The number of aliphatic hydroxyl groups is 1. The molecule has 1 aliphatic heterocycles. The van der Waals surface area contributed by atoms with Crippen molar-refractivity contribution in [3.8, 4) is 0 Å². The Labute approximate surface area is 222 Å². The van der Waals surface area contributed by atoms with Crippen LogP contribution in [0.15, 0.2) is 24.3 Å². The fourth-order valence-corrected chi connectivity index (χ4v) is 3.43. The van der Waals surface area contributed by atoms with E-state index in [0.717, 1.165) is 25.8 Å². The lowest BCUT2D eigenvalue weighted by Crippen LogP contribution is -2.35. The summed E-state index contributed by atoms with van der Waals surface area (Å²) in [5.74, 6) is 0. The van der Waals surface area contributed by atoms with E-state index in [0.29, 0.717) is 13.2 Å². The monoisotopic (exact) mass is 506 g/mol. The molecular weight excluding hydrogens is 438 g/mol. The lowest BCUT2D eigenvalue weighted by molar-refractivity contribution is -0.0980. The van der Waals surface area contributed by atoms with Crippen molar-refractivity contribution in [3.63, 3.8) is 0 Å². The van der Waals surface area contributed by atoms with Crippen molar-refractivity contribution < 1.29 is 17.6 Å². The second kappa shape index (κ2) is 39.9. The molecule has 1 heterocycles. The van der Waals surface area contributed by atoms with Gasteiger partial charge < -0.3 is 20.5 Å². The van der Waals surface area contributed by atoms with Crippen LogP contribution < -0.4 is 11.2 Å². The maximum absolute atomic E-state index is 8.00. The number of hydrogen-bond donors (Lipinski definition) is 3. The zero-order valence-corrected chi connectivity index (χ0v) is 22.4. The highest BCUT2D eigenvalue weighted by Gasteiger charge is 2.08. The van der Waals surface area contributed by atoms with Gasteiger partial charge in [0, 0.05) is 29.6 Å². The van der Waals surface area contributed by atoms with Crippen LogP contribution in [0.4, 0.5) is 0 Å². The first-order chi connectivity index (χ1) is 16.4. The first-order valence-electron chi connectivity index (χ1n) is 13.0. The lowest BCUT2D eigenvalue weighted by atomic mass is 10.0. The van der Waals surface area contributed by atoms with Gasteiger partial charge in [-0.2, -0.15) is 0 Å². The number of nitrogens with zero attached hydrogens (tertiary/aromatic N) is 1. The highest BCUT2D eigenvalue weighted by Crippen LogP contribution is 2.15. The lowest BCUT2D eigenvalue weighted by Gasteiger charge is -2.26.